The van der Waals surface area contributed by atoms with Gasteiger partial charge in [0.1, 0.15) is 0 Å². The first-order chi connectivity index (χ1) is 9.96. The van der Waals surface area contributed by atoms with Crippen LogP contribution >= 0.6 is 0 Å². The van der Waals surface area contributed by atoms with Gasteiger partial charge in [-0.05, 0) is 31.9 Å². The maximum absolute atomic E-state index is 12.1. The Morgan fingerprint density at radius 3 is 2.29 bits per heavy atom. The first-order valence-electron chi connectivity index (χ1n) is 6.56. The number of carbonyl (C=O) groups excluding carboxylic acids is 3. The first-order valence-corrected chi connectivity index (χ1v) is 6.56. The minimum atomic E-state index is -0.810. The Balaban J connectivity index is 1.76. The lowest BCUT2D eigenvalue weighted by molar-refractivity contribution is -0.187. The average molecular weight is 284 g/mol. The Labute approximate surface area is 120 Å². The van der Waals surface area contributed by atoms with Gasteiger partial charge in [-0.25, -0.2) is 4.79 Å². The Bertz CT molecular complexity index is 663. The zero-order chi connectivity index (χ0) is 15.2. The fourth-order valence-electron chi connectivity index (χ4n) is 2.73. The van der Waals surface area contributed by atoms with E-state index in [1.165, 1.54) is 12.1 Å². The fraction of sp³-hybridized carbons (Fsp3) is 0.333. The van der Waals surface area contributed by atoms with Crippen LogP contribution < -0.4 is 0 Å². The molecule has 0 saturated heterocycles. The number of nitrogens with zero attached hydrogens (tertiary/aromatic N) is 2. The Hall–Kier alpha value is -2.68. The maximum atomic E-state index is 12.1. The van der Waals surface area contributed by atoms with E-state index in [1.807, 2.05) is 0 Å². The minimum Gasteiger partial charge on any atom is -0.329 e. The molecule has 1 saturated carbocycles. The van der Waals surface area contributed by atoms with E-state index < -0.39 is 23.2 Å². The van der Waals surface area contributed by atoms with Crippen molar-refractivity contribution in [3.8, 4) is 6.07 Å². The predicted molar refractivity (Wildman–Crippen MR) is 69.5 cm³/mol. The number of carbonyl (C=O) groups is 3. The second-order valence-electron chi connectivity index (χ2n) is 5.62. The van der Waals surface area contributed by atoms with E-state index in [0.717, 1.165) is 0 Å². The third-order valence-electron chi connectivity index (χ3n) is 4.00. The van der Waals surface area contributed by atoms with E-state index in [0.29, 0.717) is 17.9 Å². The number of hydrogen-bond donors (Lipinski definition) is 0. The molecule has 1 aromatic rings. The molecule has 21 heavy (non-hydrogen) atoms. The van der Waals surface area contributed by atoms with E-state index in [4.69, 9.17) is 10.1 Å². The summed E-state index contributed by atoms with van der Waals surface area (Å²) in [4.78, 5) is 41.3. The Morgan fingerprint density at radius 1 is 1.29 bits per heavy atom. The molecule has 106 valence electrons. The van der Waals surface area contributed by atoms with Crippen LogP contribution in [0.15, 0.2) is 24.3 Å². The van der Waals surface area contributed by atoms with Gasteiger partial charge < -0.3 is 4.84 Å². The van der Waals surface area contributed by atoms with Crippen molar-refractivity contribution in [1.82, 2.24) is 5.06 Å². The molecule has 0 unspecified atom stereocenters. The van der Waals surface area contributed by atoms with Gasteiger partial charge in [-0.15, -0.1) is 0 Å². The monoisotopic (exact) mass is 284 g/mol. The number of imide groups is 1. The normalized spacial score (nSPS) is 26.9. The van der Waals surface area contributed by atoms with Gasteiger partial charge in [0, 0.05) is 5.92 Å². The van der Waals surface area contributed by atoms with Gasteiger partial charge in [-0.1, -0.05) is 17.2 Å². The SMILES string of the molecule is CC1(C(=O)ON2C(=O)c3ccccc3C2=O)CC(C#N)C1. The van der Waals surface area contributed by atoms with Crippen LogP contribution in [-0.4, -0.2) is 22.8 Å². The molecule has 6 nitrogen and oxygen atoms in total. The van der Waals surface area contributed by atoms with Gasteiger partial charge in [0.05, 0.1) is 22.6 Å². The largest absolute Gasteiger partial charge is 0.339 e. The van der Waals surface area contributed by atoms with Crippen LogP contribution in [0.25, 0.3) is 0 Å². The summed E-state index contributed by atoms with van der Waals surface area (Å²) in [7, 11) is 0. The van der Waals surface area contributed by atoms with Crippen molar-refractivity contribution in [3.05, 3.63) is 35.4 Å². The van der Waals surface area contributed by atoms with E-state index in [2.05, 4.69) is 6.07 Å². The number of hydroxylamine groups is 2. The molecule has 0 bridgehead atoms. The molecular formula is C15H12N2O4. The number of rotatable bonds is 2. The van der Waals surface area contributed by atoms with Crippen LogP contribution in [0, 0.1) is 22.7 Å². The fourth-order valence-corrected chi connectivity index (χ4v) is 2.73. The van der Waals surface area contributed by atoms with E-state index in [1.54, 1.807) is 19.1 Å². The Morgan fingerprint density at radius 2 is 1.81 bits per heavy atom. The molecule has 1 aliphatic heterocycles. The van der Waals surface area contributed by atoms with Crippen molar-refractivity contribution < 1.29 is 19.2 Å². The highest BCUT2D eigenvalue weighted by Gasteiger charge is 2.50. The molecule has 0 N–H and O–H groups in total. The highest BCUT2D eigenvalue weighted by atomic mass is 16.7. The lowest BCUT2D eigenvalue weighted by atomic mass is 9.64. The zero-order valence-corrected chi connectivity index (χ0v) is 11.3. The Kier molecular flexibility index (Phi) is 2.80. The first kappa shape index (κ1) is 13.3. The molecule has 1 fully saturated rings. The molecular weight excluding hydrogens is 272 g/mol. The molecule has 3 rings (SSSR count). The standard InChI is InChI=1S/C15H12N2O4/c1-15(6-9(7-15)8-16)14(20)21-17-12(18)10-4-2-3-5-11(10)13(17)19/h2-5,9H,6-7H2,1H3. The summed E-state index contributed by atoms with van der Waals surface area (Å²) in [5.74, 6) is -2.10. The molecule has 2 aliphatic rings. The quantitative estimate of drug-likeness (QED) is 0.771. The van der Waals surface area contributed by atoms with Crippen molar-refractivity contribution >= 4 is 17.8 Å². The molecule has 1 aromatic carbocycles. The lowest BCUT2D eigenvalue weighted by Gasteiger charge is -2.39. The van der Waals surface area contributed by atoms with Crippen LogP contribution in [0.3, 0.4) is 0 Å². The summed E-state index contributed by atoms with van der Waals surface area (Å²) in [6, 6.07) is 8.39. The van der Waals surface area contributed by atoms with Crippen LogP contribution in [0.4, 0.5) is 0 Å². The van der Waals surface area contributed by atoms with E-state index >= 15 is 0 Å². The number of benzene rings is 1. The van der Waals surface area contributed by atoms with Crippen LogP contribution in [0.2, 0.25) is 0 Å². The molecule has 0 atom stereocenters. The molecule has 0 spiro atoms. The molecule has 2 amide bonds. The third-order valence-corrected chi connectivity index (χ3v) is 4.00. The summed E-state index contributed by atoms with van der Waals surface area (Å²) in [5, 5.41) is 9.28. The van der Waals surface area contributed by atoms with Gasteiger partial charge in [0.2, 0.25) is 0 Å². The van der Waals surface area contributed by atoms with Crippen LogP contribution in [0.1, 0.15) is 40.5 Å². The summed E-state index contributed by atoms with van der Waals surface area (Å²) < 4.78 is 0. The van der Waals surface area contributed by atoms with Crippen LogP contribution in [-0.2, 0) is 9.63 Å². The average Bonchev–Trinajstić information content (AvgIpc) is 2.69. The van der Waals surface area contributed by atoms with Gasteiger partial charge in [-0.2, -0.15) is 5.26 Å². The van der Waals surface area contributed by atoms with Crippen molar-refractivity contribution in [1.29, 1.82) is 5.26 Å². The summed E-state index contributed by atoms with van der Waals surface area (Å²) in [5.41, 5.74) is -0.358. The summed E-state index contributed by atoms with van der Waals surface area (Å²) in [6.45, 7) is 1.67. The maximum Gasteiger partial charge on any atom is 0.339 e. The number of nitriles is 1. The number of hydrogen-bond acceptors (Lipinski definition) is 5. The third kappa shape index (κ3) is 1.89. The summed E-state index contributed by atoms with van der Waals surface area (Å²) >= 11 is 0. The summed E-state index contributed by atoms with van der Waals surface area (Å²) in [6.07, 6.45) is 0.761. The van der Waals surface area contributed by atoms with Gasteiger partial charge >= 0.3 is 5.97 Å². The number of fused-ring (bicyclic) bond motifs is 1. The zero-order valence-electron chi connectivity index (χ0n) is 11.3. The van der Waals surface area contributed by atoms with Crippen molar-refractivity contribution in [2.24, 2.45) is 11.3 Å². The molecule has 6 heteroatoms. The van der Waals surface area contributed by atoms with Crippen molar-refractivity contribution in [2.45, 2.75) is 19.8 Å². The second-order valence-corrected chi connectivity index (χ2v) is 5.62. The topological polar surface area (TPSA) is 87.5 Å². The molecule has 1 aliphatic carbocycles. The van der Waals surface area contributed by atoms with E-state index in [9.17, 15) is 14.4 Å². The highest BCUT2D eigenvalue weighted by Crippen LogP contribution is 2.46. The predicted octanol–water partition coefficient (Wildman–Crippen LogP) is 1.68. The van der Waals surface area contributed by atoms with E-state index in [-0.39, 0.29) is 17.0 Å². The number of amides is 2. The molecule has 0 radical (unpaired) electrons. The van der Waals surface area contributed by atoms with Crippen molar-refractivity contribution in [2.75, 3.05) is 0 Å². The molecule has 0 aromatic heterocycles. The van der Waals surface area contributed by atoms with Gasteiger partial charge in [0.25, 0.3) is 11.8 Å². The second kappa shape index (κ2) is 4.42. The van der Waals surface area contributed by atoms with Gasteiger partial charge in [-0.3, -0.25) is 9.59 Å². The smallest absolute Gasteiger partial charge is 0.329 e. The lowest BCUT2D eigenvalue weighted by Crippen LogP contribution is -2.45. The molecule has 1 heterocycles. The van der Waals surface area contributed by atoms with Crippen molar-refractivity contribution in [3.63, 3.8) is 0 Å². The van der Waals surface area contributed by atoms with Crippen LogP contribution in [0.5, 0.6) is 0 Å². The highest BCUT2D eigenvalue weighted by molar-refractivity contribution is 6.20. The minimum absolute atomic E-state index is 0.176. The van der Waals surface area contributed by atoms with Gasteiger partial charge in [0.15, 0.2) is 0 Å².